The molecule has 4 heteroatoms. The van der Waals surface area contributed by atoms with E-state index in [1.807, 2.05) is 6.07 Å². The molecule has 2 heterocycles. The Morgan fingerprint density at radius 1 is 0.531 bits per heavy atom. The van der Waals surface area contributed by atoms with Crippen LogP contribution in [0.4, 0.5) is 0 Å². The molecule has 4 nitrogen and oxygen atoms in total. The second-order valence-corrected chi connectivity index (χ2v) is 19.1. The lowest BCUT2D eigenvalue weighted by Gasteiger charge is -2.36. The highest BCUT2D eigenvalue weighted by Crippen LogP contribution is 2.60. The molecule has 310 valence electrons. The maximum Gasteiger partial charge on any atom is 0.169 e. The Bertz CT molecular complexity index is 3170. The average molecular weight is 828 g/mol. The topological polar surface area (TPSA) is 46.0 Å². The third-order valence-electron chi connectivity index (χ3n) is 15.3. The first-order valence-electron chi connectivity index (χ1n) is 23.2. The van der Waals surface area contributed by atoms with Gasteiger partial charge >= 0.3 is 0 Å². The summed E-state index contributed by atoms with van der Waals surface area (Å²) >= 11 is 0. The van der Waals surface area contributed by atoms with Crippen molar-refractivity contribution in [3.8, 4) is 50.3 Å². The number of hydrogen-bond donors (Lipinski definition) is 1. The fraction of sp³-hybridized carbons (Fsp3) is 0.200. The molecule has 1 fully saturated rings. The van der Waals surface area contributed by atoms with Crippen LogP contribution in [0.1, 0.15) is 97.0 Å². The monoisotopic (exact) mass is 827 g/mol. The van der Waals surface area contributed by atoms with Crippen molar-refractivity contribution < 1.29 is 4.74 Å². The molecule has 3 unspecified atom stereocenters. The molecule has 13 rings (SSSR count). The van der Waals surface area contributed by atoms with Crippen LogP contribution < -0.4 is 10.1 Å². The lowest BCUT2D eigenvalue weighted by atomic mass is 9.67. The van der Waals surface area contributed by atoms with Gasteiger partial charge in [0.2, 0.25) is 0 Å². The van der Waals surface area contributed by atoms with Crippen LogP contribution in [-0.2, 0) is 10.8 Å². The normalized spacial score (nSPS) is 21.2. The van der Waals surface area contributed by atoms with E-state index in [1.54, 1.807) is 5.56 Å². The highest BCUT2D eigenvalue weighted by Gasteiger charge is 2.47. The Balaban J connectivity index is 0.842. The van der Waals surface area contributed by atoms with Crippen molar-refractivity contribution in [2.24, 2.45) is 9.98 Å². The van der Waals surface area contributed by atoms with E-state index in [1.165, 1.54) is 98.9 Å². The van der Waals surface area contributed by atoms with Crippen LogP contribution >= 0.6 is 0 Å². The Hall–Kier alpha value is -7.04. The number of fused-ring (bicyclic) bond motifs is 11. The molecule has 6 aliphatic rings. The largest absolute Gasteiger partial charge is 0.484 e. The third kappa shape index (κ3) is 5.67. The zero-order valence-electron chi connectivity index (χ0n) is 36.3. The molecular weight excluding hydrogens is 779 g/mol. The van der Waals surface area contributed by atoms with Gasteiger partial charge in [-0.05, 0) is 115 Å². The van der Waals surface area contributed by atoms with E-state index in [0.717, 1.165) is 34.1 Å². The van der Waals surface area contributed by atoms with Crippen molar-refractivity contribution in [3.63, 3.8) is 0 Å². The minimum atomic E-state index is -0.406. The number of allylic oxidation sites excluding steroid dienone is 2. The van der Waals surface area contributed by atoms with Crippen molar-refractivity contribution in [2.45, 2.75) is 75.0 Å². The molecule has 1 spiro atoms. The molecule has 4 aliphatic carbocycles. The van der Waals surface area contributed by atoms with Gasteiger partial charge in [-0.2, -0.15) is 0 Å². The van der Waals surface area contributed by atoms with Crippen LogP contribution in [0.2, 0.25) is 0 Å². The Kier molecular flexibility index (Phi) is 8.34. The van der Waals surface area contributed by atoms with Gasteiger partial charge < -0.3 is 10.1 Å². The van der Waals surface area contributed by atoms with Gasteiger partial charge in [0, 0.05) is 33.4 Å². The minimum Gasteiger partial charge on any atom is -0.484 e. The van der Waals surface area contributed by atoms with Crippen LogP contribution in [0, 0.1) is 0 Å². The quantitative estimate of drug-likeness (QED) is 0.188. The maximum atomic E-state index is 6.92. The summed E-state index contributed by atoms with van der Waals surface area (Å²) in [4.78, 5) is 10.5. The van der Waals surface area contributed by atoms with Gasteiger partial charge in [0.1, 0.15) is 23.5 Å². The molecular formula is C60H49N3O. The molecule has 7 aromatic carbocycles. The standard InChI is InChI=1S/C60H49N3O/c1-59(2)50-22-11-10-19-43(50)47-36-53-48(35-52(47)59)46-33-41(27-29-51(46)60(53)31-12-5-13-32-60)42-28-30-54-49(34-42)44-20-14-21-45(55(44)64-54)58-62-56(39-17-8-4-9-18-39)61-57(63-58)40-25-23-38(24-26-40)37-15-6-3-7-16-37/h3-4,6-11,14-30,33-36,44,55,57H,5,12-13,31-32H2,1-2H3,(H,61,62,63). The predicted octanol–water partition coefficient (Wildman–Crippen LogP) is 14.0. The zero-order valence-corrected chi connectivity index (χ0v) is 36.3. The van der Waals surface area contributed by atoms with E-state index in [0.29, 0.717) is 0 Å². The Labute approximate surface area is 375 Å². The molecule has 1 N–H and O–H groups in total. The average Bonchev–Trinajstić information content (AvgIpc) is 3.94. The van der Waals surface area contributed by atoms with Crippen LogP contribution in [-0.4, -0.2) is 17.8 Å². The minimum absolute atomic E-state index is 0.0396. The summed E-state index contributed by atoms with van der Waals surface area (Å²) in [5.74, 6) is 2.58. The molecule has 0 amide bonds. The fourth-order valence-corrected chi connectivity index (χ4v) is 12.1. The molecule has 3 atom stereocenters. The number of hydrogen-bond acceptors (Lipinski definition) is 4. The highest BCUT2D eigenvalue weighted by molar-refractivity contribution is 6.16. The van der Waals surface area contributed by atoms with Crippen LogP contribution in [0.15, 0.2) is 192 Å². The summed E-state index contributed by atoms with van der Waals surface area (Å²) in [6.07, 6.45) is 12.3. The van der Waals surface area contributed by atoms with Crippen molar-refractivity contribution >= 4 is 11.7 Å². The molecule has 2 aliphatic heterocycles. The van der Waals surface area contributed by atoms with Crippen LogP contribution in [0.5, 0.6) is 5.75 Å². The summed E-state index contributed by atoms with van der Waals surface area (Å²) in [6, 6.07) is 58.0. The molecule has 64 heavy (non-hydrogen) atoms. The van der Waals surface area contributed by atoms with Crippen molar-refractivity contribution in [1.29, 1.82) is 0 Å². The van der Waals surface area contributed by atoms with Gasteiger partial charge in [-0.3, -0.25) is 0 Å². The molecule has 7 aromatic rings. The molecule has 0 saturated heterocycles. The number of ether oxygens (including phenoxy) is 1. The van der Waals surface area contributed by atoms with E-state index in [-0.39, 0.29) is 22.9 Å². The number of benzene rings is 7. The summed E-state index contributed by atoms with van der Waals surface area (Å²) in [5.41, 5.74) is 20.9. The SMILES string of the molecule is CC1(C)c2ccccc2-c2cc3c(cc21)-c1cc(-c2ccc4c(c2)C2C=CC=C(C5=NC(c6ccc(-c7ccccc7)cc6)N=C(c6ccccc6)N5)C2O4)ccc1C31CCCCC1. The van der Waals surface area contributed by atoms with E-state index >= 15 is 0 Å². The lowest BCUT2D eigenvalue weighted by Crippen LogP contribution is -2.41. The zero-order chi connectivity index (χ0) is 42.6. The summed E-state index contributed by atoms with van der Waals surface area (Å²) in [7, 11) is 0. The highest BCUT2D eigenvalue weighted by atomic mass is 16.5. The second-order valence-electron chi connectivity index (χ2n) is 19.1. The fourth-order valence-electron chi connectivity index (χ4n) is 12.1. The first kappa shape index (κ1) is 37.5. The lowest BCUT2D eigenvalue weighted by molar-refractivity contribution is 0.261. The van der Waals surface area contributed by atoms with Gasteiger partial charge in [-0.15, -0.1) is 0 Å². The second kappa shape index (κ2) is 14.2. The molecule has 0 radical (unpaired) electrons. The number of nitrogens with zero attached hydrogens (tertiary/aromatic N) is 2. The van der Waals surface area contributed by atoms with Gasteiger partial charge in [0.25, 0.3) is 0 Å². The summed E-state index contributed by atoms with van der Waals surface area (Å²) in [6.45, 7) is 4.81. The number of aliphatic imine (C=N–C) groups is 2. The molecule has 0 aromatic heterocycles. The van der Waals surface area contributed by atoms with E-state index in [2.05, 4.69) is 189 Å². The van der Waals surface area contributed by atoms with E-state index in [4.69, 9.17) is 14.7 Å². The van der Waals surface area contributed by atoms with Gasteiger partial charge in [-0.1, -0.05) is 179 Å². The van der Waals surface area contributed by atoms with E-state index < -0.39 is 6.17 Å². The maximum absolute atomic E-state index is 6.92. The predicted molar refractivity (Wildman–Crippen MR) is 261 cm³/mol. The number of amidine groups is 2. The molecule has 1 saturated carbocycles. The Morgan fingerprint density at radius 3 is 1.98 bits per heavy atom. The molecule has 0 bridgehead atoms. The Morgan fingerprint density at radius 2 is 1.17 bits per heavy atom. The van der Waals surface area contributed by atoms with Gasteiger partial charge in [0.15, 0.2) is 6.17 Å². The number of rotatable bonds is 5. The third-order valence-corrected chi connectivity index (χ3v) is 15.3. The van der Waals surface area contributed by atoms with Crippen molar-refractivity contribution in [2.75, 3.05) is 0 Å². The summed E-state index contributed by atoms with van der Waals surface area (Å²) in [5, 5.41) is 3.65. The van der Waals surface area contributed by atoms with E-state index in [9.17, 15) is 0 Å². The summed E-state index contributed by atoms with van der Waals surface area (Å²) < 4.78 is 6.92. The van der Waals surface area contributed by atoms with Crippen molar-refractivity contribution in [1.82, 2.24) is 5.32 Å². The first-order chi connectivity index (χ1) is 31.4. The van der Waals surface area contributed by atoms with Gasteiger partial charge in [-0.25, -0.2) is 9.98 Å². The smallest absolute Gasteiger partial charge is 0.169 e. The van der Waals surface area contributed by atoms with Crippen LogP contribution in [0.25, 0.3) is 44.5 Å². The first-order valence-corrected chi connectivity index (χ1v) is 23.2. The van der Waals surface area contributed by atoms with Gasteiger partial charge in [0.05, 0.1) is 0 Å². The van der Waals surface area contributed by atoms with Crippen LogP contribution in [0.3, 0.4) is 0 Å². The van der Waals surface area contributed by atoms with Crippen molar-refractivity contribution in [3.05, 3.63) is 220 Å². The number of nitrogens with one attached hydrogen (secondary N) is 1.